The number of methoxy groups -OCH3 is 1. The molecule has 0 aliphatic heterocycles. The highest BCUT2D eigenvalue weighted by Gasteiger charge is 2.07. The van der Waals surface area contributed by atoms with Gasteiger partial charge in [-0.05, 0) is 0 Å². The lowest BCUT2D eigenvalue weighted by Crippen LogP contribution is -2.13. The summed E-state index contributed by atoms with van der Waals surface area (Å²) in [6.45, 7) is 1.24. The zero-order valence-electron chi connectivity index (χ0n) is 9.78. The molecular formula is C10H12N6O2. The van der Waals surface area contributed by atoms with Gasteiger partial charge in [0.1, 0.15) is 5.82 Å². The molecule has 2 heterocycles. The number of ether oxygens (including phenoxy) is 1. The lowest BCUT2D eigenvalue weighted by Gasteiger charge is -2.05. The maximum absolute atomic E-state index is 11.3. The third kappa shape index (κ3) is 3.00. The number of rotatable bonds is 5. The average Bonchev–Trinajstić information content (AvgIpc) is 2.91. The Kier molecular flexibility index (Phi) is 3.79. The van der Waals surface area contributed by atoms with E-state index in [9.17, 15) is 4.79 Å². The van der Waals surface area contributed by atoms with Gasteiger partial charge in [0.15, 0.2) is 5.69 Å². The first kappa shape index (κ1) is 12.0. The molecule has 0 saturated carbocycles. The van der Waals surface area contributed by atoms with Gasteiger partial charge in [0.2, 0.25) is 0 Å². The smallest absolute Gasteiger partial charge is 0.358 e. The van der Waals surface area contributed by atoms with E-state index in [2.05, 4.69) is 30.3 Å². The van der Waals surface area contributed by atoms with Crippen molar-refractivity contribution in [3.63, 3.8) is 0 Å². The molecule has 2 rings (SSSR count). The zero-order valence-corrected chi connectivity index (χ0v) is 9.78. The summed E-state index contributed by atoms with van der Waals surface area (Å²) in [6.07, 6.45) is 6.26. The molecule has 0 spiro atoms. The highest BCUT2D eigenvalue weighted by atomic mass is 16.5. The van der Waals surface area contributed by atoms with Gasteiger partial charge in [0.05, 0.1) is 32.2 Å². The van der Waals surface area contributed by atoms with E-state index in [-0.39, 0.29) is 5.69 Å². The van der Waals surface area contributed by atoms with Crippen LogP contribution in [0.5, 0.6) is 0 Å². The number of esters is 1. The quantitative estimate of drug-likeness (QED) is 0.742. The van der Waals surface area contributed by atoms with Crippen LogP contribution in [0.1, 0.15) is 10.5 Å². The van der Waals surface area contributed by atoms with E-state index < -0.39 is 5.97 Å². The van der Waals surface area contributed by atoms with Gasteiger partial charge >= 0.3 is 5.97 Å². The second-order valence-corrected chi connectivity index (χ2v) is 3.37. The lowest BCUT2D eigenvalue weighted by molar-refractivity contribution is 0.0593. The van der Waals surface area contributed by atoms with Crippen molar-refractivity contribution in [1.29, 1.82) is 0 Å². The van der Waals surface area contributed by atoms with E-state index in [0.717, 1.165) is 0 Å². The summed E-state index contributed by atoms with van der Waals surface area (Å²) in [7, 11) is 1.30. The third-order valence-corrected chi connectivity index (χ3v) is 2.15. The standard InChI is InChI=1S/C10H12N6O2/c1-18-10(17)8-6-11-7-9(14-8)12-2-4-16-5-3-13-15-16/h3,5-7H,2,4H2,1H3,(H,12,14). The first-order valence-electron chi connectivity index (χ1n) is 5.28. The van der Waals surface area contributed by atoms with Crippen LogP contribution in [-0.4, -0.2) is 44.6 Å². The van der Waals surface area contributed by atoms with Crippen LogP contribution in [0.25, 0.3) is 0 Å². The Balaban J connectivity index is 1.91. The monoisotopic (exact) mass is 248 g/mol. The molecule has 0 aliphatic carbocycles. The fourth-order valence-corrected chi connectivity index (χ4v) is 1.30. The van der Waals surface area contributed by atoms with Gasteiger partial charge in [-0.15, -0.1) is 5.10 Å². The molecule has 0 aliphatic rings. The van der Waals surface area contributed by atoms with Crippen molar-refractivity contribution >= 4 is 11.8 Å². The van der Waals surface area contributed by atoms with Gasteiger partial charge in [0, 0.05) is 12.7 Å². The summed E-state index contributed by atoms with van der Waals surface area (Å²) in [5, 5.41) is 10.5. The number of anilines is 1. The second kappa shape index (κ2) is 5.71. The normalized spacial score (nSPS) is 10.1. The molecule has 0 saturated heterocycles. The van der Waals surface area contributed by atoms with Crippen molar-refractivity contribution < 1.29 is 9.53 Å². The molecule has 8 heteroatoms. The van der Waals surface area contributed by atoms with Crippen LogP contribution >= 0.6 is 0 Å². The van der Waals surface area contributed by atoms with E-state index >= 15 is 0 Å². The largest absolute Gasteiger partial charge is 0.464 e. The third-order valence-electron chi connectivity index (χ3n) is 2.15. The number of aromatic nitrogens is 5. The maximum Gasteiger partial charge on any atom is 0.358 e. The van der Waals surface area contributed by atoms with Crippen molar-refractivity contribution in [3.05, 3.63) is 30.5 Å². The van der Waals surface area contributed by atoms with Crippen molar-refractivity contribution in [1.82, 2.24) is 25.0 Å². The number of nitrogens with one attached hydrogen (secondary N) is 1. The number of carbonyl (C=O) groups excluding carboxylic acids is 1. The van der Waals surface area contributed by atoms with Crippen LogP contribution in [0.15, 0.2) is 24.8 Å². The van der Waals surface area contributed by atoms with Gasteiger partial charge in [0.25, 0.3) is 0 Å². The minimum absolute atomic E-state index is 0.170. The molecule has 94 valence electrons. The molecule has 0 unspecified atom stereocenters. The molecule has 8 nitrogen and oxygen atoms in total. The summed E-state index contributed by atoms with van der Waals surface area (Å²) >= 11 is 0. The van der Waals surface area contributed by atoms with E-state index in [1.165, 1.54) is 19.5 Å². The summed E-state index contributed by atoms with van der Waals surface area (Å²) in [5.41, 5.74) is 0.170. The molecule has 18 heavy (non-hydrogen) atoms. The molecule has 1 N–H and O–H groups in total. The van der Waals surface area contributed by atoms with Gasteiger partial charge in [-0.1, -0.05) is 5.21 Å². The van der Waals surface area contributed by atoms with E-state index in [1.807, 2.05) is 0 Å². The Morgan fingerprint density at radius 3 is 3.11 bits per heavy atom. The number of hydrogen-bond acceptors (Lipinski definition) is 7. The Labute approximate surface area is 103 Å². The fraction of sp³-hybridized carbons (Fsp3) is 0.300. The molecule has 0 aromatic carbocycles. The highest BCUT2D eigenvalue weighted by Crippen LogP contribution is 2.02. The molecule has 0 fully saturated rings. The molecule has 0 bridgehead atoms. The number of hydrogen-bond donors (Lipinski definition) is 1. The predicted octanol–water partition coefficient (Wildman–Crippen LogP) is -0.0332. The van der Waals surface area contributed by atoms with Gasteiger partial charge < -0.3 is 10.1 Å². The summed E-state index contributed by atoms with van der Waals surface area (Å²) in [5.74, 6) is 0.000409. The number of nitrogens with zero attached hydrogens (tertiary/aromatic N) is 5. The molecule has 0 amide bonds. The Hall–Kier alpha value is -2.51. The van der Waals surface area contributed by atoms with Crippen molar-refractivity contribution in [2.24, 2.45) is 0 Å². The highest BCUT2D eigenvalue weighted by molar-refractivity contribution is 5.87. The van der Waals surface area contributed by atoms with Gasteiger partial charge in [-0.25, -0.2) is 9.78 Å². The minimum atomic E-state index is -0.512. The van der Waals surface area contributed by atoms with Crippen LogP contribution in [0.2, 0.25) is 0 Å². The summed E-state index contributed by atoms with van der Waals surface area (Å²) in [4.78, 5) is 19.2. The lowest BCUT2D eigenvalue weighted by atomic mass is 10.4. The zero-order chi connectivity index (χ0) is 12.8. The van der Waals surface area contributed by atoms with Crippen molar-refractivity contribution in [2.45, 2.75) is 6.54 Å². The summed E-state index contributed by atoms with van der Waals surface area (Å²) < 4.78 is 6.25. The van der Waals surface area contributed by atoms with E-state index in [1.54, 1.807) is 17.1 Å². The van der Waals surface area contributed by atoms with E-state index in [0.29, 0.717) is 18.9 Å². The predicted molar refractivity (Wildman–Crippen MR) is 61.9 cm³/mol. The molecular weight excluding hydrogens is 236 g/mol. The Morgan fingerprint density at radius 1 is 1.50 bits per heavy atom. The maximum atomic E-state index is 11.3. The SMILES string of the molecule is COC(=O)c1cncc(NCCn2ccnn2)n1. The van der Waals surface area contributed by atoms with Crippen molar-refractivity contribution in [3.8, 4) is 0 Å². The first-order valence-corrected chi connectivity index (χ1v) is 5.28. The molecule has 2 aromatic rings. The van der Waals surface area contributed by atoms with Gasteiger partial charge in [-0.3, -0.25) is 9.67 Å². The molecule has 0 atom stereocenters. The minimum Gasteiger partial charge on any atom is -0.464 e. The van der Waals surface area contributed by atoms with Crippen LogP contribution in [0.3, 0.4) is 0 Å². The second-order valence-electron chi connectivity index (χ2n) is 3.37. The summed E-state index contributed by atoms with van der Waals surface area (Å²) in [6, 6.07) is 0. The Morgan fingerprint density at radius 2 is 2.39 bits per heavy atom. The molecule has 0 radical (unpaired) electrons. The first-order chi connectivity index (χ1) is 8.79. The van der Waals surface area contributed by atoms with Crippen LogP contribution in [0, 0.1) is 0 Å². The topological polar surface area (TPSA) is 94.8 Å². The fourth-order valence-electron chi connectivity index (χ4n) is 1.30. The number of carbonyl (C=O) groups is 1. The van der Waals surface area contributed by atoms with Crippen molar-refractivity contribution in [2.75, 3.05) is 19.0 Å². The van der Waals surface area contributed by atoms with Crippen LogP contribution in [0.4, 0.5) is 5.82 Å². The van der Waals surface area contributed by atoms with E-state index in [4.69, 9.17) is 0 Å². The van der Waals surface area contributed by atoms with Gasteiger partial charge in [-0.2, -0.15) is 0 Å². The van der Waals surface area contributed by atoms with Crippen LogP contribution < -0.4 is 5.32 Å². The average molecular weight is 248 g/mol. The molecule has 2 aromatic heterocycles. The van der Waals surface area contributed by atoms with Crippen LogP contribution in [-0.2, 0) is 11.3 Å². The Bertz CT molecular complexity index is 513.